The van der Waals surface area contributed by atoms with E-state index in [2.05, 4.69) is 15.9 Å². The second kappa shape index (κ2) is 6.02. The summed E-state index contributed by atoms with van der Waals surface area (Å²) < 4.78 is 5.89. The van der Waals surface area contributed by atoms with E-state index in [1.165, 1.54) is 24.3 Å². The summed E-state index contributed by atoms with van der Waals surface area (Å²) in [4.78, 5) is 21.4. The van der Waals surface area contributed by atoms with Crippen LogP contribution in [0.15, 0.2) is 40.9 Å². The van der Waals surface area contributed by atoms with Gasteiger partial charge >= 0.3 is 5.69 Å². The van der Waals surface area contributed by atoms with Crippen molar-refractivity contribution in [3.8, 4) is 11.5 Å². The van der Waals surface area contributed by atoms with Gasteiger partial charge in [0.1, 0.15) is 0 Å². The summed E-state index contributed by atoms with van der Waals surface area (Å²) >= 11 is 9.16. The molecule has 102 valence electrons. The standard InChI is InChI=1S/C13H7BrClNO4/c14-9-4-2-6-11(16(18)19)13(9)20-12-8(7-17)3-1-5-10(12)15/h1-7H. The zero-order chi connectivity index (χ0) is 14.7. The molecule has 0 N–H and O–H groups in total. The number of para-hydroxylation sites is 2. The van der Waals surface area contributed by atoms with Crippen molar-refractivity contribution in [3.05, 3.63) is 61.6 Å². The summed E-state index contributed by atoms with van der Waals surface area (Å²) in [5, 5.41) is 11.2. The first-order valence-electron chi connectivity index (χ1n) is 5.39. The number of aldehydes is 1. The number of rotatable bonds is 4. The van der Waals surface area contributed by atoms with E-state index in [4.69, 9.17) is 16.3 Å². The Morgan fingerprint density at radius 3 is 2.55 bits per heavy atom. The molecule has 0 bridgehead atoms. The van der Waals surface area contributed by atoms with E-state index in [0.29, 0.717) is 10.8 Å². The van der Waals surface area contributed by atoms with Crippen LogP contribution in [0.2, 0.25) is 5.02 Å². The summed E-state index contributed by atoms with van der Waals surface area (Å²) in [6.07, 6.45) is 0.573. The molecule has 0 aliphatic rings. The second-order valence-corrected chi connectivity index (χ2v) is 4.98. The monoisotopic (exact) mass is 355 g/mol. The molecule has 2 aromatic rings. The van der Waals surface area contributed by atoms with Crippen LogP contribution in [0.4, 0.5) is 5.69 Å². The van der Waals surface area contributed by atoms with Crippen molar-refractivity contribution in [2.24, 2.45) is 0 Å². The molecular formula is C13H7BrClNO4. The van der Waals surface area contributed by atoms with Gasteiger partial charge in [-0.15, -0.1) is 0 Å². The van der Waals surface area contributed by atoms with Crippen molar-refractivity contribution in [1.82, 2.24) is 0 Å². The molecule has 0 heterocycles. The van der Waals surface area contributed by atoms with Crippen molar-refractivity contribution in [1.29, 1.82) is 0 Å². The maximum Gasteiger partial charge on any atom is 0.312 e. The summed E-state index contributed by atoms with van der Waals surface area (Å²) in [7, 11) is 0. The molecule has 0 atom stereocenters. The number of halogens is 2. The summed E-state index contributed by atoms with van der Waals surface area (Å²) in [6, 6.07) is 9.05. The van der Waals surface area contributed by atoms with Gasteiger partial charge in [-0.2, -0.15) is 0 Å². The molecule has 0 aromatic heterocycles. The number of benzene rings is 2. The lowest BCUT2D eigenvalue weighted by Crippen LogP contribution is -1.97. The van der Waals surface area contributed by atoms with Crippen LogP contribution in [0, 0.1) is 10.1 Å². The van der Waals surface area contributed by atoms with E-state index in [1.807, 2.05) is 0 Å². The van der Waals surface area contributed by atoms with Gasteiger partial charge in [-0.3, -0.25) is 14.9 Å². The number of nitro benzene ring substituents is 1. The van der Waals surface area contributed by atoms with Crippen LogP contribution in [0.1, 0.15) is 10.4 Å². The predicted octanol–water partition coefficient (Wildman–Crippen LogP) is 4.62. The Labute approximate surface area is 127 Å². The fourth-order valence-electron chi connectivity index (χ4n) is 1.57. The van der Waals surface area contributed by atoms with Gasteiger partial charge in [-0.05, 0) is 34.1 Å². The van der Waals surface area contributed by atoms with Crippen LogP contribution < -0.4 is 4.74 Å². The molecule has 0 radical (unpaired) electrons. The number of ether oxygens (including phenoxy) is 1. The lowest BCUT2D eigenvalue weighted by Gasteiger charge is -2.11. The van der Waals surface area contributed by atoms with Crippen LogP contribution in [-0.2, 0) is 0 Å². The maximum atomic E-state index is 11.0. The van der Waals surface area contributed by atoms with Gasteiger partial charge in [-0.25, -0.2) is 0 Å². The Morgan fingerprint density at radius 1 is 1.20 bits per heavy atom. The normalized spacial score (nSPS) is 10.1. The molecule has 2 rings (SSSR count). The van der Waals surface area contributed by atoms with E-state index in [0.717, 1.165) is 0 Å². The van der Waals surface area contributed by atoms with Gasteiger partial charge in [-0.1, -0.05) is 23.7 Å². The van der Waals surface area contributed by atoms with E-state index >= 15 is 0 Å². The van der Waals surface area contributed by atoms with Gasteiger partial charge in [0.15, 0.2) is 12.0 Å². The van der Waals surface area contributed by atoms with Gasteiger partial charge < -0.3 is 4.74 Å². The van der Waals surface area contributed by atoms with Crippen LogP contribution in [-0.4, -0.2) is 11.2 Å². The Morgan fingerprint density at radius 2 is 1.90 bits per heavy atom. The van der Waals surface area contributed by atoms with Crippen molar-refractivity contribution in [2.45, 2.75) is 0 Å². The summed E-state index contributed by atoms with van der Waals surface area (Å²) in [6.45, 7) is 0. The zero-order valence-corrected chi connectivity index (χ0v) is 12.2. The molecule has 0 spiro atoms. The first kappa shape index (κ1) is 14.5. The highest BCUT2D eigenvalue weighted by atomic mass is 79.9. The van der Waals surface area contributed by atoms with Gasteiger partial charge in [0.2, 0.25) is 5.75 Å². The minimum atomic E-state index is -0.572. The third-order valence-corrected chi connectivity index (χ3v) is 3.39. The van der Waals surface area contributed by atoms with Gasteiger partial charge in [0.05, 0.1) is 20.0 Å². The molecule has 0 fully saturated rings. The molecule has 0 aliphatic heterocycles. The van der Waals surface area contributed by atoms with Crippen molar-refractivity contribution in [3.63, 3.8) is 0 Å². The highest BCUT2D eigenvalue weighted by molar-refractivity contribution is 9.10. The van der Waals surface area contributed by atoms with Crippen LogP contribution >= 0.6 is 27.5 Å². The SMILES string of the molecule is O=Cc1cccc(Cl)c1Oc1c(Br)cccc1[N+](=O)[O-]. The highest BCUT2D eigenvalue weighted by Gasteiger charge is 2.21. The number of hydrogen-bond acceptors (Lipinski definition) is 4. The van der Waals surface area contributed by atoms with E-state index in [1.54, 1.807) is 12.1 Å². The summed E-state index contributed by atoms with van der Waals surface area (Å²) in [5.41, 5.74) is -0.0151. The molecule has 0 amide bonds. The zero-order valence-electron chi connectivity index (χ0n) is 9.88. The average Bonchev–Trinajstić information content (AvgIpc) is 2.42. The number of hydrogen-bond donors (Lipinski definition) is 0. The fourth-order valence-corrected chi connectivity index (χ4v) is 2.23. The molecule has 0 unspecified atom stereocenters. The van der Waals surface area contributed by atoms with Gasteiger partial charge in [0, 0.05) is 6.07 Å². The molecule has 5 nitrogen and oxygen atoms in total. The van der Waals surface area contributed by atoms with Crippen LogP contribution in [0.25, 0.3) is 0 Å². The first-order chi connectivity index (χ1) is 9.54. The van der Waals surface area contributed by atoms with E-state index < -0.39 is 4.92 Å². The van der Waals surface area contributed by atoms with Crippen LogP contribution in [0.3, 0.4) is 0 Å². The molecule has 2 aromatic carbocycles. The Balaban J connectivity index is 2.56. The Bertz CT molecular complexity index is 690. The minimum Gasteiger partial charge on any atom is -0.447 e. The quantitative estimate of drug-likeness (QED) is 0.455. The predicted molar refractivity (Wildman–Crippen MR) is 77.7 cm³/mol. The summed E-state index contributed by atoms with van der Waals surface area (Å²) in [5.74, 6) is 0.0767. The topological polar surface area (TPSA) is 69.4 Å². The van der Waals surface area contributed by atoms with Crippen molar-refractivity contribution >= 4 is 39.5 Å². The third kappa shape index (κ3) is 2.81. The third-order valence-electron chi connectivity index (χ3n) is 2.47. The van der Waals surface area contributed by atoms with E-state index in [9.17, 15) is 14.9 Å². The first-order valence-corrected chi connectivity index (χ1v) is 6.56. The lowest BCUT2D eigenvalue weighted by atomic mass is 10.2. The van der Waals surface area contributed by atoms with E-state index in [-0.39, 0.29) is 27.8 Å². The molecule has 0 aliphatic carbocycles. The number of nitrogens with zero attached hydrogens (tertiary/aromatic N) is 1. The minimum absolute atomic E-state index is 0.00583. The Hall–Kier alpha value is -1.92. The number of carbonyl (C=O) groups excluding carboxylic acids is 1. The number of nitro groups is 1. The number of carbonyl (C=O) groups is 1. The molecule has 20 heavy (non-hydrogen) atoms. The largest absolute Gasteiger partial charge is 0.447 e. The molecule has 0 saturated carbocycles. The Kier molecular flexibility index (Phi) is 4.36. The molecular weight excluding hydrogens is 350 g/mol. The van der Waals surface area contributed by atoms with Crippen molar-refractivity contribution < 1.29 is 14.5 Å². The average molecular weight is 357 g/mol. The lowest BCUT2D eigenvalue weighted by molar-refractivity contribution is -0.385. The molecule has 7 heteroatoms. The fraction of sp³-hybridized carbons (Fsp3) is 0. The molecule has 0 saturated heterocycles. The highest BCUT2D eigenvalue weighted by Crippen LogP contribution is 2.41. The van der Waals surface area contributed by atoms with Crippen LogP contribution in [0.5, 0.6) is 11.5 Å². The smallest absolute Gasteiger partial charge is 0.312 e. The second-order valence-electron chi connectivity index (χ2n) is 3.72. The van der Waals surface area contributed by atoms with Gasteiger partial charge in [0.25, 0.3) is 0 Å². The maximum absolute atomic E-state index is 11.0. The van der Waals surface area contributed by atoms with Crippen molar-refractivity contribution in [2.75, 3.05) is 0 Å².